The van der Waals surface area contributed by atoms with Crippen LogP contribution in [0.4, 0.5) is 0 Å². The van der Waals surface area contributed by atoms with Gasteiger partial charge in [-0.2, -0.15) is 4.68 Å². The molecule has 4 bridgehead atoms. The first-order valence-electron chi connectivity index (χ1n) is 12.3. The topological polar surface area (TPSA) is 74.1 Å². The molecule has 34 heavy (non-hydrogen) atoms. The maximum absolute atomic E-state index is 6.07. The summed E-state index contributed by atoms with van der Waals surface area (Å²) in [6.45, 7) is 5.87. The molecule has 2 aromatic carbocycles. The van der Waals surface area contributed by atoms with Crippen molar-refractivity contribution in [2.45, 2.75) is 64.5 Å². The predicted octanol–water partition coefficient (Wildman–Crippen LogP) is 5.30. The molecule has 2 unspecified atom stereocenters. The van der Waals surface area contributed by atoms with Gasteiger partial charge < -0.3 is 14.8 Å². The van der Waals surface area contributed by atoms with Gasteiger partial charge >= 0.3 is 6.01 Å². The van der Waals surface area contributed by atoms with Crippen molar-refractivity contribution in [3.63, 3.8) is 0 Å². The lowest BCUT2D eigenvalue weighted by atomic mass is 9.43. The van der Waals surface area contributed by atoms with Crippen molar-refractivity contribution in [1.29, 1.82) is 0 Å². The smallest absolute Gasteiger partial charge is 0.346 e. The van der Waals surface area contributed by atoms with Gasteiger partial charge in [0.15, 0.2) is 11.5 Å². The molecular formula is C27H33N5O2. The Hall–Kier alpha value is -2.93. The largest absolute Gasteiger partial charge is 0.493 e. The molecule has 7 rings (SSSR count). The maximum atomic E-state index is 6.07. The molecule has 1 N–H and O–H groups in total. The van der Waals surface area contributed by atoms with Gasteiger partial charge in [0, 0.05) is 12.1 Å². The fourth-order valence-electron chi connectivity index (χ4n) is 7.91. The van der Waals surface area contributed by atoms with Crippen molar-refractivity contribution < 1.29 is 9.47 Å². The summed E-state index contributed by atoms with van der Waals surface area (Å²) in [5.41, 5.74) is 3.29. The van der Waals surface area contributed by atoms with E-state index in [-0.39, 0.29) is 5.54 Å². The third kappa shape index (κ3) is 3.86. The molecule has 3 aromatic rings. The van der Waals surface area contributed by atoms with Gasteiger partial charge in [-0.05, 0) is 95.5 Å². The number of hydrogen-bond donors (Lipinski definition) is 1. The van der Waals surface area contributed by atoms with Crippen molar-refractivity contribution in [2.24, 2.45) is 16.7 Å². The lowest BCUT2D eigenvalue weighted by Gasteiger charge is -2.65. The van der Waals surface area contributed by atoms with E-state index in [1.807, 2.05) is 36.4 Å². The van der Waals surface area contributed by atoms with Gasteiger partial charge in [-0.25, -0.2) is 0 Å². The van der Waals surface area contributed by atoms with Crippen molar-refractivity contribution in [2.75, 3.05) is 7.11 Å². The number of para-hydroxylation sites is 1. The summed E-state index contributed by atoms with van der Waals surface area (Å²) in [4.78, 5) is 0. The fourth-order valence-corrected chi connectivity index (χ4v) is 7.91. The van der Waals surface area contributed by atoms with Gasteiger partial charge in [-0.15, -0.1) is 0 Å². The number of rotatable bonds is 7. The number of nitrogens with one attached hydrogen (secondary N) is 1. The number of nitrogens with zero attached hydrogens (tertiary/aromatic N) is 4. The lowest BCUT2D eigenvalue weighted by molar-refractivity contribution is -0.118. The van der Waals surface area contributed by atoms with E-state index < -0.39 is 0 Å². The van der Waals surface area contributed by atoms with E-state index >= 15 is 0 Å². The highest BCUT2D eigenvalue weighted by molar-refractivity contribution is 5.45. The molecule has 1 aromatic heterocycles. The Morgan fingerprint density at radius 3 is 2.44 bits per heavy atom. The van der Waals surface area contributed by atoms with Crippen LogP contribution in [0.15, 0.2) is 48.5 Å². The quantitative estimate of drug-likeness (QED) is 0.517. The summed E-state index contributed by atoms with van der Waals surface area (Å²) < 4.78 is 13.3. The number of hydrogen-bond acceptors (Lipinski definition) is 6. The maximum Gasteiger partial charge on any atom is 0.346 e. The van der Waals surface area contributed by atoms with Crippen molar-refractivity contribution >= 4 is 0 Å². The number of aromatic nitrogens is 4. The average molecular weight is 460 g/mol. The van der Waals surface area contributed by atoms with Gasteiger partial charge in [-0.3, -0.25) is 0 Å². The Bertz CT molecular complexity index is 1170. The molecule has 2 atom stereocenters. The summed E-state index contributed by atoms with van der Waals surface area (Å²) in [6, 6.07) is 16.1. The second-order valence-electron chi connectivity index (χ2n) is 11.6. The number of tetrazole rings is 1. The van der Waals surface area contributed by atoms with Crippen LogP contribution in [-0.2, 0) is 6.54 Å². The Morgan fingerprint density at radius 2 is 1.74 bits per heavy atom. The molecule has 0 aliphatic heterocycles. The first kappa shape index (κ1) is 21.6. The highest BCUT2D eigenvalue weighted by Crippen LogP contribution is 2.66. The van der Waals surface area contributed by atoms with Crippen LogP contribution in [0.5, 0.6) is 17.5 Å². The molecule has 0 amide bonds. The van der Waals surface area contributed by atoms with Crippen LogP contribution in [0.1, 0.15) is 57.9 Å². The van der Waals surface area contributed by atoms with Crippen LogP contribution < -0.4 is 14.8 Å². The normalized spacial score (nSPS) is 31.6. The molecule has 0 spiro atoms. The zero-order valence-electron chi connectivity index (χ0n) is 20.3. The first-order chi connectivity index (χ1) is 16.4. The molecule has 4 aliphatic rings. The van der Waals surface area contributed by atoms with E-state index in [1.54, 1.807) is 11.8 Å². The minimum absolute atomic E-state index is 0.267. The van der Waals surface area contributed by atoms with E-state index in [4.69, 9.17) is 9.47 Å². The summed E-state index contributed by atoms with van der Waals surface area (Å²) >= 11 is 0. The highest BCUT2D eigenvalue weighted by atomic mass is 16.5. The average Bonchev–Trinajstić information content (AvgIpc) is 3.25. The van der Waals surface area contributed by atoms with Crippen molar-refractivity contribution in [3.8, 4) is 23.2 Å². The number of methoxy groups -OCH3 is 1. The van der Waals surface area contributed by atoms with Crippen molar-refractivity contribution in [1.82, 2.24) is 25.5 Å². The molecule has 1 heterocycles. The van der Waals surface area contributed by atoms with E-state index in [1.165, 1.54) is 44.1 Å². The predicted molar refractivity (Wildman–Crippen MR) is 129 cm³/mol. The van der Waals surface area contributed by atoms with E-state index in [0.717, 1.165) is 18.2 Å². The molecule has 7 nitrogen and oxygen atoms in total. The zero-order chi connectivity index (χ0) is 23.4. The Balaban J connectivity index is 1.19. The zero-order valence-corrected chi connectivity index (χ0v) is 20.3. The van der Waals surface area contributed by atoms with Crippen LogP contribution in [0.2, 0.25) is 0 Å². The lowest BCUT2D eigenvalue weighted by Crippen LogP contribution is -2.63. The third-order valence-electron chi connectivity index (χ3n) is 8.16. The van der Waals surface area contributed by atoms with Gasteiger partial charge in [0.1, 0.15) is 0 Å². The van der Waals surface area contributed by atoms with Crippen LogP contribution in [-0.4, -0.2) is 32.9 Å². The third-order valence-corrected chi connectivity index (χ3v) is 8.16. The molecule has 4 fully saturated rings. The van der Waals surface area contributed by atoms with Gasteiger partial charge in [0.05, 0.1) is 12.8 Å². The number of ether oxygens (including phenoxy) is 2. The highest BCUT2D eigenvalue weighted by Gasteiger charge is 2.59. The monoisotopic (exact) mass is 459 g/mol. The molecular weight excluding hydrogens is 426 g/mol. The van der Waals surface area contributed by atoms with Gasteiger partial charge in [0.25, 0.3) is 0 Å². The molecule has 7 heteroatoms. The Morgan fingerprint density at radius 1 is 0.971 bits per heavy atom. The molecule has 178 valence electrons. The summed E-state index contributed by atoms with van der Waals surface area (Å²) in [7, 11) is 1.67. The van der Waals surface area contributed by atoms with Crippen LogP contribution in [0, 0.1) is 16.7 Å². The van der Waals surface area contributed by atoms with E-state index in [9.17, 15) is 0 Å². The van der Waals surface area contributed by atoms with Crippen LogP contribution >= 0.6 is 0 Å². The van der Waals surface area contributed by atoms with E-state index in [2.05, 4.69) is 46.8 Å². The Labute approximate surface area is 200 Å². The van der Waals surface area contributed by atoms with Gasteiger partial charge in [-0.1, -0.05) is 43.2 Å². The minimum atomic E-state index is 0.267. The van der Waals surface area contributed by atoms with Crippen LogP contribution in [0.25, 0.3) is 5.69 Å². The molecule has 4 saturated carbocycles. The fraction of sp³-hybridized carbons (Fsp3) is 0.519. The molecule has 0 saturated heterocycles. The molecule has 4 aliphatic carbocycles. The van der Waals surface area contributed by atoms with E-state index in [0.29, 0.717) is 28.3 Å². The van der Waals surface area contributed by atoms with Gasteiger partial charge in [0.2, 0.25) is 0 Å². The first-order valence-corrected chi connectivity index (χ1v) is 12.3. The summed E-state index contributed by atoms with van der Waals surface area (Å²) in [6.07, 6.45) is 8.13. The Kier molecular flexibility index (Phi) is 4.96. The summed E-state index contributed by atoms with van der Waals surface area (Å²) in [5.74, 6) is 2.14. The SMILES string of the molecule is COc1cc(CNC23CC4CC(C)(CC(C)(C4)C2)C3)ccc1Oc1nnnn1-c1ccccc1. The second kappa shape index (κ2) is 7.80. The second-order valence-corrected chi connectivity index (χ2v) is 11.6. The summed E-state index contributed by atoms with van der Waals surface area (Å²) in [5, 5.41) is 15.9. The molecule has 0 radical (unpaired) electrons. The van der Waals surface area contributed by atoms with Crippen LogP contribution in [0.3, 0.4) is 0 Å². The standard InChI is InChI=1S/C27H33N5O2/c1-25-12-20-13-26(2,16-25)18-27(14-20,17-25)28-15-19-9-10-22(23(11-19)33-3)34-24-29-30-31-32(24)21-7-5-4-6-8-21/h4-11,20,28H,12-18H2,1-3H3. The minimum Gasteiger partial charge on any atom is -0.493 e. The van der Waals surface area contributed by atoms with Crippen molar-refractivity contribution in [3.05, 3.63) is 54.1 Å². The number of benzene rings is 2.